The fourth-order valence-corrected chi connectivity index (χ4v) is 2.72. The largest absolute Gasteiger partial charge is 0.373 e. The molecular formula is C10H13BrO2S. The third-order valence-corrected chi connectivity index (χ3v) is 3.02. The van der Waals surface area contributed by atoms with Crippen LogP contribution in [-0.2, 0) is 16.0 Å². The predicted octanol–water partition coefficient (Wildman–Crippen LogP) is 3.52. The second-order valence-electron chi connectivity index (χ2n) is 4.05. The second-order valence-corrected chi connectivity index (χ2v) is 5.96. The van der Waals surface area contributed by atoms with Crippen molar-refractivity contribution in [3.63, 3.8) is 0 Å². The average molecular weight is 277 g/mol. The lowest BCUT2D eigenvalue weighted by Crippen LogP contribution is -2.07. The first-order chi connectivity index (χ1) is 6.39. The summed E-state index contributed by atoms with van der Waals surface area (Å²) >= 11 is 5.28. The van der Waals surface area contributed by atoms with Crippen molar-refractivity contribution in [3.05, 3.63) is 20.8 Å². The lowest BCUT2D eigenvalue weighted by Gasteiger charge is -2.16. The van der Waals surface area contributed by atoms with Crippen molar-refractivity contribution in [2.75, 3.05) is 0 Å². The summed E-state index contributed by atoms with van der Waals surface area (Å²) in [5.41, 5.74) is 0.407. The molecule has 0 bridgehead atoms. The molecule has 0 spiro atoms. The van der Waals surface area contributed by atoms with E-state index in [1.54, 1.807) is 0 Å². The van der Waals surface area contributed by atoms with Crippen LogP contribution in [0.5, 0.6) is 0 Å². The minimum atomic E-state index is 0.250. The minimum Gasteiger partial charge on any atom is -0.186 e. The van der Waals surface area contributed by atoms with Crippen molar-refractivity contribution in [1.82, 2.24) is 0 Å². The van der Waals surface area contributed by atoms with Gasteiger partial charge in [-0.2, -0.15) is 9.59 Å². The molecule has 0 fully saturated rings. The van der Waals surface area contributed by atoms with E-state index in [4.69, 9.17) is 9.59 Å². The Morgan fingerprint density at radius 3 is 2.21 bits per heavy atom. The van der Waals surface area contributed by atoms with Crippen LogP contribution in [-0.4, -0.2) is 6.15 Å². The Labute approximate surface area is 96.5 Å². The van der Waals surface area contributed by atoms with Gasteiger partial charge >= 0.3 is 6.15 Å². The molecule has 1 rings (SSSR count). The molecule has 78 valence electrons. The van der Waals surface area contributed by atoms with Crippen LogP contribution in [0.1, 0.15) is 25.6 Å². The van der Waals surface area contributed by atoms with Gasteiger partial charge in [-0.15, -0.1) is 11.3 Å². The molecule has 0 saturated heterocycles. The van der Waals surface area contributed by atoms with E-state index < -0.39 is 0 Å². The zero-order valence-electron chi connectivity index (χ0n) is 8.46. The lowest BCUT2D eigenvalue weighted by molar-refractivity contribution is -0.191. The molecule has 0 aliphatic carbocycles. The van der Waals surface area contributed by atoms with Crippen molar-refractivity contribution in [2.24, 2.45) is 5.41 Å². The standard InChI is InChI=1S/C9H13BrS.CO2/c1-9(2,3)5-8-4-7(10)6-11-8;2-1-3/h4,6H,5H2,1-3H3;. The van der Waals surface area contributed by atoms with E-state index in [-0.39, 0.29) is 6.15 Å². The molecule has 4 heteroatoms. The van der Waals surface area contributed by atoms with E-state index in [9.17, 15) is 0 Å². The highest BCUT2D eigenvalue weighted by Crippen LogP contribution is 2.27. The van der Waals surface area contributed by atoms with Crippen molar-refractivity contribution in [2.45, 2.75) is 27.2 Å². The number of hydrogen-bond acceptors (Lipinski definition) is 3. The number of carbonyl (C=O) groups excluding carboxylic acids is 2. The summed E-state index contributed by atoms with van der Waals surface area (Å²) in [6.07, 6.45) is 1.42. The Hall–Kier alpha value is -0.440. The fourth-order valence-electron chi connectivity index (χ4n) is 0.969. The third-order valence-electron chi connectivity index (χ3n) is 1.33. The summed E-state index contributed by atoms with van der Waals surface area (Å²) in [6.45, 7) is 6.79. The smallest absolute Gasteiger partial charge is 0.186 e. The number of halogens is 1. The third kappa shape index (κ3) is 7.01. The first-order valence-corrected chi connectivity index (χ1v) is 5.78. The zero-order valence-corrected chi connectivity index (χ0v) is 10.9. The molecular weight excluding hydrogens is 264 g/mol. The number of hydrogen-bond donors (Lipinski definition) is 0. The molecule has 0 aromatic carbocycles. The molecule has 1 aromatic rings. The van der Waals surface area contributed by atoms with Gasteiger partial charge in [-0.25, -0.2) is 0 Å². The van der Waals surface area contributed by atoms with Gasteiger partial charge in [0.15, 0.2) is 0 Å². The summed E-state index contributed by atoms with van der Waals surface area (Å²) in [5, 5.41) is 2.14. The van der Waals surface area contributed by atoms with Gasteiger partial charge in [0.25, 0.3) is 0 Å². The normalized spacial score (nSPS) is 10.0. The number of rotatable bonds is 1. The first kappa shape index (κ1) is 13.6. The van der Waals surface area contributed by atoms with Crippen molar-refractivity contribution < 1.29 is 9.59 Å². The van der Waals surface area contributed by atoms with E-state index in [2.05, 4.69) is 48.1 Å². The monoisotopic (exact) mass is 276 g/mol. The van der Waals surface area contributed by atoms with Gasteiger partial charge < -0.3 is 0 Å². The van der Waals surface area contributed by atoms with Crippen LogP contribution in [0.15, 0.2) is 15.9 Å². The molecule has 0 saturated carbocycles. The molecule has 0 atom stereocenters. The van der Waals surface area contributed by atoms with Crippen LogP contribution in [0.3, 0.4) is 0 Å². The van der Waals surface area contributed by atoms with Gasteiger partial charge in [0.2, 0.25) is 0 Å². The van der Waals surface area contributed by atoms with Gasteiger partial charge in [-0.1, -0.05) is 20.8 Å². The molecule has 1 aromatic heterocycles. The van der Waals surface area contributed by atoms with Gasteiger partial charge in [-0.3, -0.25) is 0 Å². The fraction of sp³-hybridized carbons (Fsp3) is 0.500. The van der Waals surface area contributed by atoms with Gasteiger partial charge in [0.05, 0.1) is 0 Å². The molecule has 1 heterocycles. The first-order valence-electron chi connectivity index (χ1n) is 4.11. The van der Waals surface area contributed by atoms with E-state index in [1.807, 2.05) is 11.3 Å². The van der Waals surface area contributed by atoms with E-state index >= 15 is 0 Å². The zero-order chi connectivity index (χ0) is 11.2. The van der Waals surface area contributed by atoms with Crippen LogP contribution < -0.4 is 0 Å². The Morgan fingerprint density at radius 1 is 1.43 bits per heavy atom. The maximum absolute atomic E-state index is 8.12. The quantitative estimate of drug-likeness (QED) is 0.787. The Kier molecular flexibility index (Phi) is 5.93. The van der Waals surface area contributed by atoms with Crippen molar-refractivity contribution in [3.8, 4) is 0 Å². The summed E-state index contributed by atoms with van der Waals surface area (Å²) in [4.78, 5) is 17.7. The molecule has 0 N–H and O–H groups in total. The van der Waals surface area contributed by atoms with Gasteiger partial charge in [0.1, 0.15) is 0 Å². The highest BCUT2D eigenvalue weighted by molar-refractivity contribution is 9.10. The topological polar surface area (TPSA) is 34.1 Å². The van der Waals surface area contributed by atoms with E-state index in [0.29, 0.717) is 5.41 Å². The Morgan fingerprint density at radius 2 is 1.93 bits per heavy atom. The van der Waals surface area contributed by atoms with Gasteiger partial charge in [-0.05, 0) is 33.8 Å². The highest BCUT2D eigenvalue weighted by Gasteiger charge is 2.12. The molecule has 0 unspecified atom stereocenters. The SMILES string of the molecule is CC(C)(C)Cc1cc(Br)cs1.O=C=O. The number of thiophene rings is 1. The molecule has 2 nitrogen and oxygen atoms in total. The average Bonchev–Trinajstić information content (AvgIpc) is 2.33. The van der Waals surface area contributed by atoms with Crippen LogP contribution in [0.4, 0.5) is 0 Å². The second kappa shape index (κ2) is 6.12. The van der Waals surface area contributed by atoms with Crippen LogP contribution in [0.25, 0.3) is 0 Å². The Bertz CT molecular complexity index is 306. The molecule has 14 heavy (non-hydrogen) atoms. The van der Waals surface area contributed by atoms with Crippen molar-refractivity contribution >= 4 is 33.4 Å². The Balaban J connectivity index is 0.000000500. The molecule has 0 radical (unpaired) electrons. The van der Waals surface area contributed by atoms with Crippen LogP contribution >= 0.6 is 27.3 Å². The predicted molar refractivity (Wildman–Crippen MR) is 60.2 cm³/mol. The lowest BCUT2D eigenvalue weighted by atomic mass is 9.92. The summed E-state index contributed by atoms with van der Waals surface area (Å²) in [6, 6.07) is 2.20. The van der Waals surface area contributed by atoms with Gasteiger partial charge in [0, 0.05) is 14.7 Å². The molecule has 0 aliphatic rings. The van der Waals surface area contributed by atoms with E-state index in [0.717, 1.165) is 0 Å². The molecule has 0 amide bonds. The molecule has 0 aliphatic heterocycles. The van der Waals surface area contributed by atoms with Crippen LogP contribution in [0.2, 0.25) is 0 Å². The maximum Gasteiger partial charge on any atom is 0.373 e. The van der Waals surface area contributed by atoms with E-state index in [1.165, 1.54) is 15.8 Å². The summed E-state index contributed by atoms with van der Waals surface area (Å²) in [7, 11) is 0. The highest BCUT2D eigenvalue weighted by atomic mass is 79.9. The maximum atomic E-state index is 8.12. The van der Waals surface area contributed by atoms with Crippen LogP contribution in [0, 0.1) is 5.41 Å². The van der Waals surface area contributed by atoms with Crippen molar-refractivity contribution in [1.29, 1.82) is 0 Å². The summed E-state index contributed by atoms with van der Waals surface area (Å²) in [5.74, 6) is 0. The summed E-state index contributed by atoms with van der Waals surface area (Å²) < 4.78 is 1.21. The minimum absolute atomic E-state index is 0.250.